The quantitative estimate of drug-likeness (QED) is 0.566. The van der Waals surface area contributed by atoms with E-state index in [1.807, 2.05) is 6.92 Å². The minimum atomic E-state index is -0.919. The molecule has 0 spiro atoms. The van der Waals surface area contributed by atoms with E-state index in [4.69, 9.17) is 0 Å². The minimum absolute atomic E-state index is 0.176. The molecule has 0 bridgehead atoms. The van der Waals surface area contributed by atoms with Crippen molar-refractivity contribution < 1.29 is 13.2 Å². The molecule has 0 saturated carbocycles. The van der Waals surface area contributed by atoms with Gasteiger partial charge in [0.1, 0.15) is 17.5 Å². The van der Waals surface area contributed by atoms with Gasteiger partial charge >= 0.3 is 0 Å². The van der Waals surface area contributed by atoms with Crippen LogP contribution in [0.4, 0.5) is 13.2 Å². The fourth-order valence-electron chi connectivity index (χ4n) is 1.54. The highest BCUT2D eigenvalue weighted by Gasteiger charge is 2.22. The van der Waals surface area contributed by atoms with Crippen LogP contribution in [0, 0.1) is 24.4 Å². The van der Waals surface area contributed by atoms with Crippen LogP contribution in [-0.4, -0.2) is 0 Å². The molecule has 0 aliphatic rings. The van der Waals surface area contributed by atoms with E-state index in [2.05, 4.69) is 31.9 Å². The van der Waals surface area contributed by atoms with Gasteiger partial charge in [0.05, 0.1) is 4.83 Å². The third-order valence-corrected chi connectivity index (χ3v) is 5.88. The molecule has 1 heterocycles. The van der Waals surface area contributed by atoms with Gasteiger partial charge in [-0.15, -0.1) is 11.3 Å². The van der Waals surface area contributed by atoms with Crippen molar-refractivity contribution >= 4 is 43.2 Å². The number of hydrogen-bond acceptors (Lipinski definition) is 1. The highest BCUT2D eigenvalue weighted by molar-refractivity contribution is 9.10. The van der Waals surface area contributed by atoms with E-state index in [1.54, 1.807) is 6.07 Å². The molecule has 0 radical (unpaired) electrons. The largest absolute Gasteiger partial charge is 0.207 e. The zero-order chi connectivity index (χ0) is 13.4. The van der Waals surface area contributed by atoms with Crippen molar-refractivity contribution in [3.8, 4) is 0 Å². The van der Waals surface area contributed by atoms with Crippen LogP contribution in [0.15, 0.2) is 22.7 Å². The monoisotopic (exact) mass is 398 g/mol. The second-order valence-electron chi connectivity index (χ2n) is 3.70. The van der Waals surface area contributed by atoms with Gasteiger partial charge in [-0.3, -0.25) is 0 Å². The first-order valence-corrected chi connectivity index (χ1v) is 7.47. The molecule has 96 valence electrons. The predicted molar refractivity (Wildman–Crippen MR) is 73.8 cm³/mol. The van der Waals surface area contributed by atoms with Gasteiger partial charge in [-0.05, 0) is 28.9 Å². The molecule has 1 atom stereocenters. The van der Waals surface area contributed by atoms with Gasteiger partial charge in [0.2, 0.25) is 0 Å². The van der Waals surface area contributed by atoms with E-state index in [1.165, 1.54) is 11.3 Å². The summed E-state index contributed by atoms with van der Waals surface area (Å²) < 4.78 is 41.0. The molecular formula is C12H7Br2F3S. The van der Waals surface area contributed by atoms with Crippen LogP contribution in [0.2, 0.25) is 0 Å². The summed E-state index contributed by atoms with van der Waals surface area (Å²) in [5, 5.41) is 0. The molecule has 1 unspecified atom stereocenters. The van der Waals surface area contributed by atoms with E-state index in [0.29, 0.717) is 12.1 Å². The Labute approximate surface area is 123 Å². The molecule has 0 N–H and O–H groups in total. The Bertz CT molecular complexity index is 552. The van der Waals surface area contributed by atoms with Crippen molar-refractivity contribution in [3.63, 3.8) is 0 Å². The van der Waals surface area contributed by atoms with Crippen molar-refractivity contribution in [1.82, 2.24) is 0 Å². The fraction of sp³-hybridized carbons (Fsp3) is 0.167. The summed E-state index contributed by atoms with van der Waals surface area (Å²) in [4.78, 5) is 1.13. The average molecular weight is 400 g/mol. The van der Waals surface area contributed by atoms with Crippen LogP contribution in [-0.2, 0) is 0 Å². The highest BCUT2D eigenvalue weighted by Crippen LogP contribution is 2.40. The second kappa shape index (κ2) is 5.35. The SMILES string of the molecule is Cc1sc(C(Br)c2c(F)cc(F)cc2F)cc1Br. The first-order chi connectivity index (χ1) is 8.40. The van der Waals surface area contributed by atoms with Crippen molar-refractivity contribution in [2.45, 2.75) is 11.8 Å². The third kappa shape index (κ3) is 2.65. The lowest BCUT2D eigenvalue weighted by Gasteiger charge is -2.10. The molecule has 1 aromatic carbocycles. The number of benzene rings is 1. The van der Waals surface area contributed by atoms with Gasteiger partial charge in [-0.25, -0.2) is 13.2 Å². The predicted octanol–water partition coefficient (Wildman–Crippen LogP) is 5.72. The van der Waals surface area contributed by atoms with E-state index < -0.39 is 22.3 Å². The summed E-state index contributed by atoms with van der Waals surface area (Å²) in [6.07, 6.45) is 0. The van der Waals surface area contributed by atoms with E-state index >= 15 is 0 Å². The summed E-state index contributed by atoms with van der Waals surface area (Å²) in [7, 11) is 0. The lowest BCUT2D eigenvalue weighted by atomic mass is 10.1. The lowest BCUT2D eigenvalue weighted by molar-refractivity contribution is 0.528. The number of thiophene rings is 1. The standard InChI is InChI=1S/C12H7Br2F3S/c1-5-7(13)4-10(18-5)12(14)11-8(16)2-6(15)3-9(11)17/h2-4,12H,1H3. The fourth-order valence-corrected chi connectivity index (χ4v) is 3.94. The first kappa shape index (κ1) is 14.1. The van der Waals surface area contributed by atoms with Crippen molar-refractivity contribution in [3.05, 3.63) is 55.4 Å². The molecule has 18 heavy (non-hydrogen) atoms. The number of alkyl halides is 1. The smallest absolute Gasteiger partial charge is 0.133 e. The molecule has 0 aliphatic carbocycles. The molecule has 6 heteroatoms. The van der Waals surface area contributed by atoms with Gasteiger partial charge in [0, 0.05) is 31.9 Å². The third-order valence-electron chi connectivity index (χ3n) is 2.42. The number of aryl methyl sites for hydroxylation is 1. The second-order valence-corrected chi connectivity index (χ2v) is 6.76. The summed E-state index contributed by atoms with van der Waals surface area (Å²) in [6.45, 7) is 1.90. The van der Waals surface area contributed by atoms with Gasteiger partial charge in [-0.2, -0.15) is 0 Å². The Morgan fingerprint density at radius 1 is 1.11 bits per heavy atom. The maximum atomic E-state index is 13.6. The molecule has 0 amide bonds. The zero-order valence-electron chi connectivity index (χ0n) is 9.11. The van der Waals surface area contributed by atoms with Crippen molar-refractivity contribution in [1.29, 1.82) is 0 Å². The zero-order valence-corrected chi connectivity index (χ0v) is 13.1. The summed E-state index contributed by atoms with van der Waals surface area (Å²) in [6, 6.07) is 3.16. The van der Waals surface area contributed by atoms with E-state index in [0.717, 1.165) is 14.2 Å². The number of halogens is 5. The maximum Gasteiger partial charge on any atom is 0.133 e. The lowest BCUT2D eigenvalue weighted by Crippen LogP contribution is -2.00. The first-order valence-electron chi connectivity index (χ1n) is 4.94. The molecule has 2 aromatic rings. The van der Waals surface area contributed by atoms with Crippen LogP contribution >= 0.6 is 43.2 Å². The highest BCUT2D eigenvalue weighted by atomic mass is 79.9. The van der Waals surface area contributed by atoms with E-state index in [9.17, 15) is 13.2 Å². The normalized spacial score (nSPS) is 12.8. The summed E-state index contributed by atoms with van der Waals surface area (Å²) >= 11 is 8.02. The van der Waals surface area contributed by atoms with Gasteiger partial charge in [0.15, 0.2) is 0 Å². The average Bonchev–Trinajstić information content (AvgIpc) is 2.57. The van der Waals surface area contributed by atoms with Gasteiger partial charge in [-0.1, -0.05) is 15.9 Å². The number of hydrogen-bond donors (Lipinski definition) is 0. The van der Waals surface area contributed by atoms with E-state index in [-0.39, 0.29) is 5.56 Å². The molecule has 0 fully saturated rings. The Kier molecular flexibility index (Phi) is 4.18. The molecule has 0 saturated heterocycles. The summed E-state index contributed by atoms with van der Waals surface area (Å²) in [5.74, 6) is -2.70. The number of rotatable bonds is 2. The van der Waals surface area contributed by atoms with Gasteiger partial charge in [0.25, 0.3) is 0 Å². The Hall–Kier alpha value is -0.330. The minimum Gasteiger partial charge on any atom is -0.207 e. The molecule has 1 aromatic heterocycles. The topological polar surface area (TPSA) is 0 Å². The molecule has 0 aliphatic heterocycles. The van der Waals surface area contributed by atoms with Crippen LogP contribution in [0.3, 0.4) is 0 Å². The van der Waals surface area contributed by atoms with Crippen molar-refractivity contribution in [2.24, 2.45) is 0 Å². The van der Waals surface area contributed by atoms with Gasteiger partial charge < -0.3 is 0 Å². The Balaban J connectivity index is 2.49. The molecule has 2 rings (SSSR count). The van der Waals surface area contributed by atoms with Crippen LogP contribution in [0.1, 0.15) is 20.1 Å². The Morgan fingerprint density at radius 3 is 2.11 bits per heavy atom. The molecular weight excluding hydrogens is 393 g/mol. The van der Waals surface area contributed by atoms with Crippen molar-refractivity contribution in [2.75, 3.05) is 0 Å². The summed E-state index contributed by atoms with van der Waals surface area (Å²) in [5.41, 5.74) is -0.176. The van der Waals surface area contributed by atoms with Crippen LogP contribution in [0.25, 0.3) is 0 Å². The van der Waals surface area contributed by atoms with Crippen LogP contribution < -0.4 is 0 Å². The van der Waals surface area contributed by atoms with Crippen LogP contribution in [0.5, 0.6) is 0 Å². The molecule has 0 nitrogen and oxygen atoms in total. The Morgan fingerprint density at radius 2 is 1.67 bits per heavy atom. The maximum absolute atomic E-state index is 13.6.